The molecule has 0 aliphatic carbocycles. The van der Waals surface area contributed by atoms with Crippen molar-refractivity contribution in [1.29, 1.82) is 0 Å². The van der Waals surface area contributed by atoms with Gasteiger partial charge in [-0.3, -0.25) is 4.79 Å². The van der Waals surface area contributed by atoms with E-state index < -0.39 is 0 Å². The van der Waals surface area contributed by atoms with Gasteiger partial charge in [0.1, 0.15) is 5.82 Å². The highest BCUT2D eigenvalue weighted by Gasteiger charge is 2.05. The third-order valence-electron chi connectivity index (χ3n) is 2.30. The van der Waals surface area contributed by atoms with Gasteiger partial charge >= 0.3 is 0 Å². The van der Waals surface area contributed by atoms with Gasteiger partial charge in [-0.05, 0) is 30.2 Å². The van der Waals surface area contributed by atoms with Gasteiger partial charge in [-0.25, -0.2) is 4.39 Å². The van der Waals surface area contributed by atoms with Crippen LogP contribution in [0.15, 0.2) is 24.3 Å². The maximum absolute atomic E-state index is 12.8. The third-order valence-corrected chi connectivity index (χ3v) is 2.30. The zero-order chi connectivity index (χ0) is 12.0. The van der Waals surface area contributed by atoms with Crippen molar-refractivity contribution in [2.45, 2.75) is 13.3 Å². The van der Waals surface area contributed by atoms with Crippen molar-refractivity contribution < 1.29 is 9.18 Å². The van der Waals surface area contributed by atoms with Crippen molar-refractivity contribution >= 4 is 5.91 Å². The third kappa shape index (κ3) is 4.40. The molecule has 4 heteroatoms. The van der Waals surface area contributed by atoms with Crippen LogP contribution in [0.3, 0.4) is 0 Å². The molecule has 0 saturated heterocycles. The highest BCUT2D eigenvalue weighted by Crippen LogP contribution is 2.04. The summed E-state index contributed by atoms with van der Waals surface area (Å²) in [4.78, 5) is 11.5. The minimum Gasteiger partial charge on any atom is -0.356 e. The maximum atomic E-state index is 12.8. The highest BCUT2D eigenvalue weighted by atomic mass is 19.1. The van der Waals surface area contributed by atoms with Crippen LogP contribution in [-0.4, -0.2) is 19.0 Å². The molecule has 0 radical (unpaired) electrons. The SMILES string of the molecule is CC(CN)CNC(=O)Cc1cccc(F)c1. The highest BCUT2D eigenvalue weighted by molar-refractivity contribution is 5.78. The Balaban J connectivity index is 2.40. The molecule has 0 aromatic heterocycles. The Bertz CT molecular complexity index is 355. The van der Waals surface area contributed by atoms with Gasteiger partial charge < -0.3 is 11.1 Å². The molecule has 1 aromatic carbocycles. The normalized spacial score (nSPS) is 12.2. The Labute approximate surface area is 94.8 Å². The van der Waals surface area contributed by atoms with Crippen molar-refractivity contribution in [1.82, 2.24) is 5.32 Å². The largest absolute Gasteiger partial charge is 0.356 e. The second-order valence-electron chi connectivity index (χ2n) is 3.95. The molecule has 0 fully saturated rings. The van der Waals surface area contributed by atoms with Crippen LogP contribution in [0, 0.1) is 11.7 Å². The predicted molar refractivity (Wildman–Crippen MR) is 61.3 cm³/mol. The molecule has 88 valence electrons. The number of rotatable bonds is 5. The summed E-state index contributed by atoms with van der Waals surface area (Å²) in [6.45, 7) is 3.06. The second kappa shape index (κ2) is 6.23. The van der Waals surface area contributed by atoms with Gasteiger partial charge in [0, 0.05) is 6.54 Å². The Hall–Kier alpha value is -1.42. The summed E-state index contributed by atoms with van der Waals surface area (Å²) in [7, 11) is 0. The van der Waals surface area contributed by atoms with Crippen molar-refractivity contribution in [3.8, 4) is 0 Å². The summed E-state index contributed by atoms with van der Waals surface area (Å²) < 4.78 is 12.8. The molecule has 1 unspecified atom stereocenters. The van der Waals surface area contributed by atoms with E-state index in [0.717, 1.165) is 0 Å². The minimum atomic E-state index is -0.319. The molecule has 0 aliphatic rings. The summed E-state index contributed by atoms with van der Waals surface area (Å²) >= 11 is 0. The monoisotopic (exact) mass is 224 g/mol. The molecular weight excluding hydrogens is 207 g/mol. The Morgan fingerprint density at radius 3 is 2.94 bits per heavy atom. The number of nitrogens with one attached hydrogen (secondary N) is 1. The summed E-state index contributed by atoms with van der Waals surface area (Å²) in [5, 5.41) is 2.76. The van der Waals surface area contributed by atoms with Crippen LogP contribution in [0.25, 0.3) is 0 Å². The van der Waals surface area contributed by atoms with Crippen LogP contribution in [0.2, 0.25) is 0 Å². The molecule has 3 N–H and O–H groups in total. The van der Waals surface area contributed by atoms with E-state index in [1.807, 2.05) is 6.92 Å². The van der Waals surface area contributed by atoms with Gasteiger partial charge in [0.05, 0.1) is 6.42 Å². The lowest BCUT2D eigenvalue weighted by atomic mass is 10.1. The molecular formula is C12H17FN2O. The first-order chi connectivity index (χ1) is 7.61. The van der Waals surface area contributed by atoms with E-state index in [4.69, 9.17) is 5.73 Å². The van der Waals surface area contributed by atoms with Crippen LogP contribution in [-0.2, 0) is 11.2 Å². The average Bonchev–Trinajstić information content (AvgIpc) is 2.26. The molecule has 0 spiro atoms. The van der Waals surface area contributed by atoms with Crippen molar-refractivity contribution in [3.63, 3.8) is 0 Å². The van der Waals surface area contributed by atoms with Crippen LogP contribution in [0.1, 0.15) is 12.5 Å². The molecule has 0 aliphatic heterocycles. The van der Waals surface area contributed by atoms with E-state index in [2.05, 4.69) is 5.32 Å². The fraction of sp³-hybridized carbons (Fsp3) is 0.417. The van der Waals surface area contributed by atoms with E-state index in [1.165, 1.54) is 12.1 Å². The van der Waals surface area contributed by atoms with E-state index in [9.17, 15) is 9.18 Å². The molecule has 0 heterocycles. The summed E-state index contributed by atoms with van der Waals surface area (Å²) in [5.74, 6) is -0.164. The number of carbonyl (C=O) groups is 1. The van der Waals surface area contributed by atoms with Crippen LogP contribution in [0.4, 0.5) is 4.39 Å². The van der Waals surface area contributed by atoms with Crippen LogP contribution < -0.4 is 11.1 Å². The fourth-order valence-corrected chi connectivity index (χ4v) is 1.27. The second-order valence-corrected chi connectivity index (χ2v) is 3.95. The zero-order valence-electron chi connectivity index (χ0n) is 9.37. The number of nitrogens with two attached hydrogens (primary N) is 1. The predicted octanol–water partition coefficient (Wildman–Crippen LogP) is 1.08. The van der Waals surface area contributed by atoms with E-state index in [-0.39, 0.29) is 24.1 Å². The fourth-order valence-electron chi connectivity index (χ4n) is 1.27. The molecule has 0 bridgehead atoms. The Morgan fingerprint density at radius 2 is 2.31 bits per heavy atom. The van der Waals surface area contributed by atoms with Gasteiger partial charge in [0.15, 0.2) is 0 Å². The molecule has 1 atom stereocenters. The number of halogens is 1. The lowest BCUT2D eigenvalue weighted by molar-refractivity contribution is -0.120. The molecule has 3 nitrogen and oxygen atoms in total. The van der Waals surface area contributed by atoms with Crippen molar-refractivity contribution in [2.75, 3.05) is 13.1 Å². The Kier molecular flexibility index (Phi) is 4.92. The van der Waals surface area contributed by atoms with Gasteiger partial charge in [-0.15, -0.1) is 0 Å². The van der Waals surface area contributed by atoms with Crippen molar-refractivity contribution in [3.05, 3.63) is 35.6 Å². The quantitative estimate of drug-likeness (QED) is 0.786. The van der Waals surface area contributed by atoms with Gasteiger partial charge in [0.25, 0.3) is 0 Å². The van der Waals surface area contributed by atoms with E-state index in [1.54, 1.807) is 12.1 Å². The molecule has 1 amide bonds. The number of hydrogen-bond acceptors (Lipinski definition) is 2. The van der Waals surface area contributed by atoms with Gasteiger partial charge in [-0.1, -0.05) is 19.1 Å². The minimum absolute atomic E-state index is 0.106. The standard InChI is InChI=1S/C12H17FN2O/c1-9(7-14)8-15-12(16)6-10-3-2-4-11(13)5-10/h2-5,9H,6-8,14H2,1H3,(H,15,16). The number of amides is 1. The smallest absolute Gasteiger partial charge is 0.224 e. The maximum Gasteiger partial charge on any atom is 0.224 e. The average molecular weight is 224 g/mol. The molecule has 16 heavy (non-hydrogen) atoms. The number of hydrogen-bond donors (Lipinski definition) is 2. The van der Waals surface area contributed by atoms with Crippen LogP contribution >= 0.6 is 0 Å². The lowest BCUT2D eigenvalue weighted by Crippen LogP contribution is -2.32. The Morgan fingerprint density at radius 1 is 1.56 bits per heavy atom. The summed E-state index contributed by atoms with van der Waals surface area (Å²) in [6.07, 6.45) is 0.203. The zero-order valence-corrected chi connectivity index (χ0v) is 9.37. The first-order valence-electron chi connectivity index (χ1n) is 5.33. The van der Waals surface area contributed by atoms with Crippen LogP contribution in [0.5, 0.6) is 0 Å². The van der Waals surface area contributed by atoms with E-state index >= 15 is 0 Å². The first kappa shape index (κ1) is 12.6. The van der Waals surface area contributed by atoms with Gasteiger partial charge in [-0.2, -0.15) is 0 Å². The molecule has 1 rings (SSSR count). The molecule has 1 aromatic rings. The summed E-state index contributed by atoms with van der Waals surface area (Å²) in [5.41, 5.74) is 6.11. The number of benzene rings is 1. The lowest BCUT2D eigenvalue weighted by Gasteiger charge is -2.09. The molecule has 0 saturated carbocycles. The van der Waals surface area contributed by atoms with Crippen molar-refractivity contribution in [2.24, 2.45) is 11.7 Å². The summed E-state index contributed by atoms with van der Waals surface area (Å²) in [6, 6.07) is 6.05. The number of carbonyl (C=O) groups excluding carboxylic acids is 1. The van der Waals surface area contributed by atoms with E-state index in [0.29, 0.717) is 18.7 Å². The van der Waals surface area contributed by atoms with Gasteiger partial charge in [0.2, 0.25) is 5.91 Å². The topological polar surface area (TPSA) is 55.1 Å². The first-order valence-corrected chi connectivity index (χ1v) is 5.33.